The number of fused-ring (bicyclic) bond motifs is 4. The number of aryl methyl sites for hydroxylation is 1. The Morgan fingerprint density at radius 3 is 1.24 bits per heavy atom. The van der Waals surface area contributed by atoms with Gasteiger partial charge in [-0.2, -0.15) is 0 Å². The lowest BCUT2D eigenvalue weighted by molar-refractivity contribution is 1.25. The normalized spacial score (nSPS) is 11.4. The lowest BCUT2D eigenvalue weighted by Crippen LogP contribution is -2.05. The minimum absolute atomic E-state index is 1.21. The third kappa shape index (κ3) is 10.7. The number of hydrogen-bond donors (Lipinski definition) is 0. The van der Waals surface area contributed by atoms with E-state index in [1.54, 1.807) is 11.8 Å². The first-order chi connectivity index (χ1) is 39.1. The zero-order valence-corrected chi connectivity index (χ0v) is 45.7. The Balaban J connectivity index is 0.000000260. The minimum atomic E-state index is -1.94. The lowest BCUT2D eigenvalue weighted by atomic mass is 9.84. The van der Waals surface area contributed by atoms with Gasteiger partial charge in [0.25, 0.3) is 0 Å². The number of rotatable bonds is 9. The van der Waals surface area contributed by atoms with Crippen LogP contribution in [0.2, 0.25) is 0 Å². The maximum Gasteiger partial charge on any atom is 0.0122 e. The first-order valence-corrected chi connectivity index (χ1v) is 29.4. The van der Waals surface area contributed by atoms with E-state index in [1.807, 2.05) is 30.3 Å². The highest BCUT2D eigenvalue weighted by atomic mass is 32.3. The molecule has 0 aliphatic heterocycles. The summed E-state index contributed by atoms with van der Waals surface area (Å²) in [7, 11) is -1.94. The van der Waals surface area contributed by atoms with Crippen LogP contribution in [0.3, 0.4) is 0 Å². The molecule has 0 aromatic heterocycles. The summed E-state index contributed by atoms with van der Waals surface area (Å²) in [5.41, 5.74) is 8.73. The summed E-state index contributed by atoms with van der Waals surface area (Å²) < 4.78 is 0. The highest BCUT2D eigenvalue weighted by Crippen LogP contribution is 2.73. The third-order valence-corrected chi connectivity index (χ3v) is 19.5. The molecule has 0 unspecified atom stereocenters. The lowest BCUT2D eigenvalue weighted by Gasteiger charge is -2.42. The molecule has 14 aromatic carbocycles. The Morgan fingerprint density at radius 2 is 0.671 bits per heavy atom. The van der Waals surface area contributed by atoms with Gasteiger partial charge in [0.15, 0.2) is 0 Å². The van der Waals surface area contributed by atoms with Gasteiger partial charge < -0.3 is 0 Å². The van der Waals surface area contributed by atoms with Crippen LogP contribution in [0, 0.1) is 6.92 Å². The Morgan fingerprint density at radius 1 is 0.241 bits per heavy atom. The smallest absolute Gasteiger partial charge is 0.0122 e. The highest BCUT2D eigenvalue weighted by Gasteiger charge is 2.34. The first-order valence-electron chi connectivity index (χ1n) is 27.0. The number of hydrogen-bond acceptors (Lipinski definition) is 1. The van der Waals surface area contributed by atoms with Crippen molar-refractivity contribution in [3.05, 3.63) is 339 Å². The maximum absolute atomic E-state index is 2.55. The Kier molecular flexibility index (Phi) is 15.1. The molecule has 0 bridgehead atoms. The van der Waals surface area contributed by atoms with Gasteiger partial charge in [-0.05, 0) is 168 Å². The van der Waals surface area contributed by atoms with Crippen molar-refractivity contribution < 1.29 is 0 Å². The molecule has 0 aliphatic rings. The van der Waals surface area contributed by atoms with Gasteiger partial charge in [0.05, 0.1) is 0 Å². The summed E-state index contributed by atoms with van der Waals surface area (Å²) in [4.78, 5) is 7.82. The zero-order valence-electron chi connectivity index (χ0n) is 44.1. The van der Waals surface area contributed by atoms with E-state index in [1.165, 1.54) is 111 Å². The molecule has 378 valence electrons. The van der Waals surface area contributed by atoms with Crippen molar-refractivity contribution >= 4 is 64.9 Å². The molecule has 0 fully saturated rings. The predicted octanol–water partition coefficient (Wildman–Crippen LogP) is 22.5. The van der Waals surface area contributed by atoms with Gasteiger partial charge in [-0.1, -0.05) is 266 Å². The molecular weight excluding hydrogens is 989 g/mol. The third-order valence-electron chi connectivity index (χ3n) is 14.6. The van der Waals surface area contributed by atoms with Crippen LogP contribution in [0.5, 0.6) is 0 Å². The van der Waals surface area contributed by atoms with Gasteiger partial charge in [0.2, 0.25) is 0 Å². The fourth-order valence-corrected chi connectivity index (χ4v) is 15.7. The summed E-state index contributed by atoms with van der Waals surface area (Å²) in [5.74, 6) is 0. The number of benzene rings is 14. The van der Waals surface area contributed by atoms with Crippen LogP contribution in [-0.4, -0.2) is 0 Å². The van der Waals surface area contributed by atoms with Crippen molar-refractivity contribution in [3.8, 4) is 33.4 Å². The van der Waals surface area contributed by atoms with E-state index in [4.69, 9.17) is 0 Å². The quantitative estimate of drug-likeness (QED) is 0.130. The standard InChI is InChI=1S/C58H40S.C12H10S.C7H8/c1-4-24-47(25-5-1)59(48-26-6-2-7-27-48,49-28-8-3-9-29-49)50-36-37-55-56(40-50)58(52-33-17-21-42-19-12-13-30-51(42)52)54-32-15-14-31-53(54)57(55)46-23-16-22-44(39-46)45-35-34-41-18-10-11-20-43(41)38-45;1-3-7-11(8-4-1)13-12-9-5-2-6-10-12;1-7-5-3-2-4-6-7/h1-40H;1-10H;2-6H,1H3. The molecule has 0 atom stereocenters. The van der Waals surface area contributed by atoms with Crippen molar-refractivity contribution in [2.45, 2.75) is 36.3 Å². The van der Waals surface area contributed by atoms with Gasteiger partial charge in [-0.15, -0.1) is 10.0 Å². The van der Waals surface area contributed by atoms with E-state index in [9.17, 15) is 0 Å². The predicted molar refractivity (Wildman–Crippen MR) is 341 cm³/mol. The second-order valence-electron chi connectivity index (χ2n) is 19.6. The van der Waals surface area contributed by atoms with Crippen LogP contribution in [-0.2, 0) is 0 Å². The van der Waals surface area contributed by atoms with E-state index < -0.39 is 10.0 Å². The van der Waals surface area contributed by atoms with Gasteiger partial charge in [-0.3, -0.25) is 0 Å². The van der Waals surface area contributed by atoms with Crippen molar-refractivity contribution in [1.82, 2.24) is 0 Å². The first kappa shape index (κ1) is 50.6. The van der Waals surface area contributed by atoms with E-state index in [-0.39, 0.29) is 0 Å². The van der Waals surface area contributed by atoms with E-state index in [0.717, 1.165) is 0 Å². The molecular formula is C77H58S2. The van der Waals surface area contributed by atoms with E-state index in [0.29, 0.717) is 0 Å². The summed E-state index contributed by atoms with van der Waals surface area (Å²) in [6.07, 6.45) is 0. The van der Waals surface area contributed by atoms with Gasteiger partial charge in [0, 0.05) is 29.4 Å². The molecule has 14 rings (SSSR count). The molecule has 0 aliphatic carbocycles. The van der Waals surface area contributed by atoms with Crippen LogP contribution in [0.25, 0.3) is 76.5 Å². The average Bonchev–Trinajstić information content (AvgIpc) is 3.50. The van der Waals surface area contributed by atoms with E-state index in [2.05, 4.69) is 310 Å². The van der Waals surface area contributed by atoms with E-state index >= 15 is 0 Å². The molecule has 0 N–H and O–H groups in total. The van der Waals surface area contributed by atoms with Crippen LogP contribution in [0.15, 0.2) is 363 Å². The van der Waals surface area contributed by atoms with Crippen LogP contribution in [0.1, 0.15) is 5.56 Å². The van der Waals surface area contributed by atoms with Crippen molar-refractivity contribution in [2.75, 3.05) is 0 Å². The molecule has 0 spiro atoms. The molecule has 0 saturated carbocycles. The van der Waals surface area contributed by atoms with Crippen LogP contribution in [0.4, 0.5) is 0 Å². The fourth-order valence-electron chi connectivity index (χ4n) is 11.0. The van der Waals surface area contributed by atoms with Gasteiger partial charge in [-0.25, -0.2) is 0 Å². The molecule has 0 saturated heterocycles. The summed E-state index contributed by atoms with van der Waals surface area (Å²) in [5, 5.41) is 9.99. The summed E-state index contributed by atoms with van der Waals surface area (Å²) in [6, 6.07) is 121. The van der Waals surface area contributed by atoms with Gasteiger partial charge >= 0.3 is 0 Å². The molecule has 14 aromatic rings. The average molecular weight is 1050 g/mol. The summed E-state index contributed by atoms with van der Waals surface area (Å²) >= 11 is 1.79. The Hall–Kier alpha value is -9.18. The van der Waals surface area contributed by atoms with Crippen molar-refractivity contribution in [3.63, 3.8) is 0 Å². The zero-order chi connectivity index (χ0) is 53.2. The van der Waals surface area contributed by atoms with Crippen LogP contribution < -0.4 is 0 Å². The Labute approximate surface area is 470 Å². The topological polar surface area (TPSA) is 0 Å². The monoisotopic (exact) mass is 1050 g/mol. The minimum Gasteiger partial charge on any atom is -0.133 e. The molecule has 0 heterocycles. The second kappa shape index (κ2) is 23.6. The van der Waals surface area contributed by atoms with Crippen molar-refractivity contribution in [1.29, 1.82) is 0 Å². The van der Waals surface area contributed by atoms with Gasteiger partial charge in [0.1, 0.15) is 0 Å². The Bertz CT molecular complexity index is 4170. The SMILES string of the molecule is Cc1ccccc1.c1ccc(S(c2ccccc2)(c2ccccc2)c2ccc3c(-c4cccc(-c5ccc6ccccc6c5)c4)c4ccccc4c(-c4cccc5ccccc45)c3c2)cc1.c1ccc(Sc2ccccc2)cc1. The fraction of sp³-hybridized carbons (Fsp3) is 0.0130. The molecule has 0 radical (unpaired) electrons. The largest absolute Gasteiger partial charge is 0.133 e. The maximum atomic E-state index is 2.55. The second-order valence-corrected chi connectivity index (χ2v) is 23.9. The highest BCUT2D eigenvalue weighted by molar-refractivity contribution is 8.34. The van der Waals surface area contributed by atoms with Crippen molar-refractivity contribution in [2.24, 2.45) is 0 Å². The molecule has 2 heteroatoms. The summed E-state index contributed by atoms with van der Waals surface area (Å²) in [6.45, 7) is 2.08. The van der Waals surface area contributed by atoms with Crippen LogP contribution >= 0.6 is 21.8 Å². The molecule has 79 heavy (non-hydrogen) atoms. The molecule has 0 nitrogen and oxygen atoms in total. The molecule has 0 amide bonds.